The molecule has 0 rings (SSSR count). The zero-order chi connectivity index (χ0) is 13.9. The van der Waals surface area contributed by atoms with E-state index in [9.17, 15) is 9.59 Å². The highest BCUT2D eigenvalue weighted by Crippen LogP contribution is 2.27. The normalized spacial score (nSPS) is 14.3. The molecule has 0 aromatic rings. The van der Waals surface area contributed by atoms with Gasteiger partial charge < -0.3 is 5.32 Å². The van der Waals surface area contributed by atoms with Crippen LogP contribution in [0.1, 0.15) is 54.9 Å². The number of hydrogen-bond acceptors (Lipinski definition) is 2. The third-order valence-electron chi connectivity index (χ3n) is 3.25. The average Bonchev–Trinajstić information content (AvgIpc) is 2.10. The Kier molecular flexibility index (Phi) is 5.37. The Morgan fingerprint density at radius 3 is 1.88 bits per heavy atom. The largest absolute Gasteiger partial charge is 0.349 e. The van der Waals surface area contributed by atoms with Gasteiger partial charge >= 0.3 is 0 Å². The molecule has 1 atom stereocenters. The summed E-state index contributed by atoms with van der Waals surface area (Å²) in [5.74, 6) is 0.325. The molecule has 0 saturated carbocycles. The van der Waals surface area contributed by atoms with Crippen LogP contribution in [0.5, 0.6) is 0 Å². The van der Waals surface area contributed by atoms with Gasteiger partial charge in [-0.25, -0.2) is 0 Å². The lowest BCUT2D eigenvalue weighted by Gasteiger charge is -2.26. The van der Waals surface area contributed by atoms with E-state index in [1.165, 1.54) is 0 Å². The van der Waals surface area contributed by atoms with Gasteiger partial charge in [0.25, 0.3) is 0 Å². The van der Waals surface area contributed by atoms with Crippen LogP contribution in [0.3, 0.4) is 0 Å². The van der Waals surface area contributed by atoms with E-state index in [0.29, 0.717) is 12.3 Å². The fourth-order valence-electron chi connectivity index (χ4n) is 1.10. The Hall–Kier alpha value is -0.860. The van der Waals surface area contributed by atoms with E-state index in [1.54, 1.807) is 0 Å². The number of ketones is 1. The van der Waals surface area contributed by atoms with Gasteiger partial charge in [0.15, 0.2) is 5.78 Å². The monoisotopic (exact) mass is 241 g/mol. The number of nitrogens with one attached hydrogen (secondary N) is 1. The van der Waals surface area contributed by atoms with Crippen molar-refractivity contribution in [1.82, 2.24) is 5.32 Å². The van der Waals surface area contributed by atoms with Crippen molar-refractivity contribution in [1.29, 1.82) is 0 Å². The lowest BCUT2D eigenvalue weighted by Crippen LogP contribution is -2.37. The summed E-state index contributed by atoms with van der Waals surface area (Å²) < 4.78 is 0. The minimum Gasteiger partial charge on any atom is -0.349 e. The molecule has 0 saturated heterocycles. The lowest BCUT2D eigenvalue weighted by molar-refractivity contribution is -0.129. The molecule has 1 unspecified atom stereocenters. The molecule has 3 nitrogen and oxygen atoms in total. The van der Waals surface area contributed by atoms with Crippen molar-refractivity contribution in [2.24, 2.45) is 16.7 Å². The summed E-state index contributed by atoms with van der Waals surface area (Å²) in [4.78, 5) is 23.3. The Morgan fingerprint density at radius 2 is 1.53 bits per heavy atom. The predicted octanol–water partition coefficient (Wildman–Crippen LogP) is 2.79. The maximum absolute atomic E-state index is 11.7. The minimum absolute atomic E-state index is 0.0370. The van der Waals surface area contributed by atoms with Crippen LogP contribution in [0.4, 0.5) is 0 Å². The Morgan fingerprint density at radius 1 is 1.06 bits per heavy atom. The summed E-state index contributed by atoms with van der Waals surface area (Å²) in [5, 5.41) is 2.70. The molecule has 17 heavy (non-hydrogen) atoms. The van der Waals surface area contributed by atoms with Gasteiger partial charge in [0, 0.05) is 11.8 Å². The van der Waals surface area contributed by atoms with Gasteiger partial charge in [-0.15, -0.1) is 0 Å². The first-order valence-electron chi connectivity index (χ1n) is 6.24. The molecule has 0 aliphatic carbocycles. The van der Waals surface area contributed by atoms with Gasteiger partial charge in [0.05, 0.1) is 6.54 Å². The highest BCUT2D eigenvalue weighted by Gasteiger charge is 2.24. The fraction of sp³-hybridized carbons (Fsp3) is 0.857. The second-order valence-corrected chi connectivity index (χ2v) is 6.92. The fourth-order valence-corrected chi connectivity index (χ4v) is 1.10. The van der Waals surface area contributed by atoms with Gasteiger partial charge in [-0.05, 0) is 11.3 Å². The summed E-state index contributed by atoms with van der Waals surface area (Å²) in [6.07, 6.45) is 0.473. The molecule has 1 amide bonds. The van der Waals surface area contributed by atoms with Crippen molar-refractivity contribution in [3.05, 3.63) is 0 Å². The highest BCUT2D eigenvalue weighted by molar-refractivity contribution is 5.89. The van der Waals surface area contributed by atoms with Gasteiger partial charge in [-0.3, -0.25) is 9.59 Å². The molecule has 100 valence electrons. The van der Waals surface area contributed by atoms with E-state index in [-0.39, 0.29) is 29.1 Å². The Balaban J connectivity index is 4.10. The predicted molar refractivity (Wildman–Crippen MR) is 70.7 cm³/mol. The van der Waals surface area contributed by atoms with Crippen molar-refractivity contribution in [3.8, 4) is 0 Å². The number of hydrogen-bond donors (Lipinski definition) is 1. The average molecular weight is 241 g/mol. The second-order valence-electron chi connectivity index (χ2n) is 6.92. The first-order chi connectivity index (χ1) is 7.44. The molecular weight excluding hydrogens is 214 g/mol. The van der Waals surface area contributed by atoms with E-state index in [1.807, 2.05) is 20.8 Å². The third kappa shape index (κ3) is 6.44. The second kappa shape index (κ2) is 5.65. The summed E-state index contributed by atoms with van der Waals surface area (Å²) in [7, 11) is 0. The standard InChI is InChI=1S/C14H27NO2/c1-10(13(2,3)4)8-12(17)15-9-11(16)14(5,6)7/h10H,8-9H2,1-7H3,(H,15,17). The SMILES string of the molecule is CC(CC(=O)NCC(=O)C(C)(C)C)C(C)(C)C. The van der Waals surface area contributed by atoms with Crippen LogP contribution in [0.15, 0.2) is 0 Å². The van der Waals surface area contributed by atoms with E-state index in [4.69, 9.17) is 0 Å². The van der Waals surface area contributed by atoms with Crippen LogP contribution < -0.4 is 5.32 Å². The molecule has 0 aliphatic heterocycles. The van der Waals surface area contributed by atoms with E-state index in [0.717, 1.165) is 0 Å². The van der Waals surface area contributed by atoms with Crippen LogP contribution in [0.2, 0.25) is 0 Å². The molecule has 0 fully saturated rings. The maximum atomic E-state index is 11.7. The van der Waals surface area contributed by atoms with Crippen molar-refractivity contribution >= 4 is 11.7 Å². The van der Waals surface area contributed by atoms with E-state index >= 15 is 0 Å². The molecule has 0 spiro atoms. The molecule has 0 aromatic heterocycles. The van der Waals surface area contributed by atoms with Gasteiger partial charge in [0.2, 0.25) is 5.91 Å². The molecule has 1 N–H and O–H groups in total. The summed E-state index contributed by atoms with van der Waals surface area (Å²) in [5.41, 5.74) is -0.270. The first-order valence-corrected chi connectivity index (χ1v) is 6.24. The number of rotatable bonds is 4. The van der Waals surface area contributed by atoms with Crippen molar-refractivity contribution in [3.63, 3.8) is 0 Å². The zero-order valence-electron chi connectivity index (χ0n) is 12.3. The number of carbonyl (C=O) groups excluding carboxylic acids is 2. The van der Waals surface area contributed by atoms with Crippen LogP contribution >= 0.6 is 0 Å². The lowest BCUT2D eigenvalue weighted by atomic mass is 9.80. The first kappa shape index (κ1) is 16.1. The maximum Gasteiger partial charge on any atom is 0.220 e. The molecule has 0 aliphatic rings. The summed E-state index contributed by atoms with van der Waals surface area (Å²) in [6, 6.07) is 0. The van der Waals surface area contributed by atoms with Crippen LogP contribution in [-0.2, 0) is 9.59 Å². The molecule has 0 aromatic carbocycles. The Bertz CT molecular complexity index is 282. The summed E-state index contributed by atoms with van der Waals surface area (Å²) >= 11 is 0. The van der Waals surface area contributed by atoms with Crippen molar-refractivity contribution in [2.75, 3.05) is 6.54 Å². The Labute approximate surface area is 105 Å². The van der Waals surface area contributed by atoms with Crippen LogP contribution in [-0.4, -0.2) is 18.2 Å². The van der Waals surface area contributed by atoms with Crippen molar-refractivity contribution < 1.29 is 9.59 Å². The van der Waals surface area contributed by atoms with Gasteiger partial charge in [-0.2, -0.15) is 0 Å². The van der Waals surface area contributed by atoms with Gasteiger partial charge in [-0.1, -0.05) is 48.5 Å². The smallest absolute Gasteiger partial charge is 0.220 e. The van der Waals surface area contributed by atoms with E-state index in [2.05, 4.69) is 33.0 Å². The number of amides is 1. The van der Waals surface area contributed by atoms with Crippen LogP contribution in [0, 0.1) is 16.7 Å². The minimum atomic E-state index is -0.386. The van der Waals surface area contributed by atoms with Crippen LogP contribution in [0.25, 0.3) is 0 Å². The van der Waals surface area contributed by atoms with Crippen molar-refractivity contribution in [2.45, 2.75) is 54.9 Å². The highest BCUT2D eigenvalue weighted by atomic mass is 16.2. The third-order valence-corrected chi connectivity index (χ3v) is 3.25. The van der Waals surface area contributed by atoms with E-state index < -0.39 is 0 Å². The molecule has 0 heterocycles. The molecule has 0 radical (unpaired) electrons. The van der Waals surface area contributed by atoms with Gasteiger partial charge in [0.1, 0.15) is 0 Å². The number of Topliss-reactive ketones (excluding diaryl/α,β-unsaturated/α-hetero) is 1. The summed E-state index contributed by atoms with van der Waals surface area (Å²) in [6.45, 7) is 14.1. The molecule has 0 bridgehead atoms. The molecular formula is C14H27NO2. The topological polar surface area (TPSA) is 46.2 Å². The zero-order valence-corrected chi connectivity index (χ0v) is 12.3. The quantitative estimate of drug-likeness (QED) is 0.822. The number of carbonyl (C=O) groups is 2. The molecule has 3 heteroatoms.